The molecular weight excluding hydrogens is 552 g/mol. The third-order valence-corrected chi connectivity index (χ3v) is 7.03. The summed E-state index contributed by atoms with van der Waals surface area (Å²) in [7, 11) is 1.21. The van der Waals surface area contributed by atoms with Crippen molar-refractivity contribution in [3.8, 4) is 5.69 Å². The van der Waals surface area contributed by atoms with Crippen LogP contribution in [0.3, 0.4) is 0 Å². The lowest BCUT2D eigenvalue weighted by Crippen LogP contribution is -2.39. The van der Waals surface area contributed by atoms with Crippen LogP contribution in [0.25, 0.3) is 11.2 Å². The van der Waals surface area contributed by atoms with Gasteiger partial charge in [-0.05, 0) is 36.2 Å². The van der Waals surface area contributed by atoms with Gasteiger partial charge in [0.25, 0.3) is 5.92 Å². The van der Waals surface area contributed by atoms with E-state index in [9.17, 15) is 26.7 Å². The maximum absolute atomic E-state index is 15.7. The van der Waals surface area contributed by atoms with Crippen molar-refractivity contribution in [1.82, 2.24) is 28.6 Å². The van der Waals surface area contributed by atoms with E-state index in [1.807, 2.05) is 0 Å². The van der Waals surface area contributed by atoms with Gasteiger partial charge in [-0.1, -0.05) is 12.1 Å². The number of fused-ring (bicyclic) bond motifs is 1. The SMILES string of the molecule is Cn1cnnc1C(F)(F)C(C)(F)c1cccc(-n2cc3c(C(F)(F)F)cc(CN4CCC(F)(F)C4)cn3c2=O)c1. The van der Waals surface area contributed by atoms with Crippen LogP contribution in [-0.2, 0) is 31.4 Å². The zero-order valence-corrected chi connectivity index (χ0v) is 21.1. The second-order valence-corrected chi connectivity index (χ2v) is 10.0. The fourth-order valence-electron chi connectivity index (χ4n) is 4.85. The van der Waals surface area contributed by atoms with Gasteiger partial charge in [-0.25, -0.2) is 18.0 Å². The Kier molecular flexibility index (Phi) is 6.36. The quantitative estimate of drug-likeness (QED) is 0.303. The highest BCUT2D eigenvalue weighted by molar-refractivity contribution is 5.58. The summed E-state index contributed by atoms with van der Waals surface area (Å²) >= 11 is 0. The topological polar surface area (TPSA) is 60.4 Å². The molecule has 5 rings (SSSR count). The standard InChI is InChI=1S/C25H22F8N6O/c1-22(26,24(29,30)20-35-34-14-36(20)2)16-4-3-5-17(9-16)38-12-19-18(25(31,32)33)8-15(11-39(19)21(38)40)10-37-7-6-23(27,28)13-37/h3-5,8-9,11-12,14H,6-7,10,13H2,1-2H3. The molecule has 0 aliphatic carbocycles. The fourth-order valence-corrected chi connectivity index (χ4v) is 4.85. The summed E-state index contributed by atoms with van der Waals surface area (Å²) in [6, 6.07) is 5.21. The third-order valence-electron chi connectivity index (χ3n) is 7.03. The minimum absolute atomic E-state index is 0.0224. The molecule has 3 aromatic heterocycles. The van der Waals surface area contributed by atoms with Gasteiger partial charge in [-0.2, -0.15) is 22.0 Å². The smallest absolute Gasteiger partial charge is 0.316 e. The molecule has 0 amide bonds. The van der Waals surface area contributed by atoms with Crippen LogP contribution < -0.4 is 5.69 Å². The van der Waals surface area contributed by atoms with Gasteiger partial charge < -0.3 is 4.57 Å². The van der Waals surface area contributed by atoms with Crippen molar-refractivity contribution in [3.63, 3.8) is 0 Å². The van der Waals surface area contributed by atoms with Gasteiger partial charge in [0.15, 0.2) is 0 Å². The number of imidazole rings is 1. The molecule has 7 nitrogen and oxygen atoms in total. The molecular formula is C25H22F8N6O. The Morgan fingerprint density at radius 1 is 1.05 bits per heavy atom. The zero-order valence-electron chi connectivity index (χ0n) is 21.1. The first-order valence-corrected chi connectivity index (χ1v) is 12.0. The van der Waals surface area contributed by atoms with Crippen LogP contribution in [0.1, 0.15) is 35.9 Å². The first kappa shape index (κ1) is 27.8. The van der Waals surface area contributed by atoms with Crippen molar-refractivity contribution in [1.29, 1.82) is 0 Å². The molecule has 1 atom stereocenters. The van der Waals surface area contributed by atoms with Crippen LogP contribution in [0.5, 0.6) is 0 Å². The fraction of sp³-hybridized carbons (Fsp3) is 0.400. The van der Waals surface area contributed by atoms with Crippen LogP contribution in [-0.4, -0.2) is 47.6 Å². The Labute approximate surface area is 221 Å². The summed E-state index contributed by atoms with van der Waals surface area (Å²) in [6.07, 6.45) is -2.38. The van der Waals surface area contributed by atoms with Gasteiger partial charge in [-0.3, -0.25) is 13.9 Å². The van der Waals surface area contributed by atoms with Gasteiger partial charge in [0, 0.05) is 39.0 Å². The van der Waals surface area contributed by atoms with E-state index in [0.717, 1.165) is 46.1 Å². The van der Waals surface area contributed by atoms with E-state index in [1.165, 1.54) is 24.1 Å². The zero-order chi connectivity index (χ0) is 29.3. The van der Waals surface area contributed by atoms with Crippen LogP contribution in [0, 0.1) is 0 Å². The molecule has 0 bridgehead atoms. The largest absolute Gasteiger partial charge is 0.418 e. The molecule has 40 heavy (non-hydrogen) atoms. The average Bonchev–Trinajstić information content (AvgIpc) is 3.55. The molecule has 4 heterocycles. The number of aryl methyl sites for hydroxylation is 1. The van der Waals surface area contributed by atoms with Gasteiger partial charge >= 0.3 is 17.8 Å². The van der Waals surface area contributed by atoms with Crippen molar-refractivity contribution in [2.24, 2.45) is 7.05 Å². The molecule has 1 aromatic carbocycles. The summed E-state index contributed by atoms with van der Waals surface area (Å²) in [5.41, 5.74) is -6.84. The van der Waals surface area contributed by atoms with Crippen LogP contribution >= 0.6 is 0 Å². The van der Waals surface area contributed by atoms with Crippen molar-refractivity contribution in [2.75, 3.05) is 13.1 Å². The molecule has 0 spiro atoms. The number of pyridine rings is 1. The summed E-state index contributed by atoms with van der Waals surface area (Å²) in [5.74, 6) is -8.08. The second-order valence-electron chi connectivity index (χ2n) is 10.0. The minimum atomic E-state index is -4.91. The highest BCUT2D eigenvalue weighted by Crippen LogP contribution is 2.47. The predicted molar refractivity (Wildman–Crippen MR) is 126 cm³/mol. The van der Waals surface area contributed by atoms with Crippen molar-refractivity contribution >= 4 is 5.52 Å². The summed E-state index contributed by atoms with van der Waals surface area (Å²) in [5, 5.41) is 6.66. The highest BCUT2D eigenvalue weighted by atomic mass is 19.4. The maximum Gasteiger partial charge on any atom is 0.418 e. The number of aromatic nitrogens is 5. The van der Waals surface area contributed by atoms with E-state index in [0.29, 0.717) is 11.3 Å². The molecule has 4 aromatic rings. The first-order chi connectivity index (χ1) is 18.5. The van der Waals surface area contributed by atoms with Gasteiger partial charge in [-0.15, -0.1) is 10.2 Å². The average molecular weight is 574 g/mol. The number of likely N-dealkylation sites (tertiary alicyclic amines) is 1. The van der Waals surface area contributed by atoms with Gasteiger partial charge in [0.05, 0.1) is 23.3 Å². The van der Waals surface area contributed by atoms with E-state index < -0.39 is 64.8 Å². The molecule has 0 radical (unpaired) electrons. The van der Waals surface area contributed by atoms with Crippen LogP contribution in [0.2, 0.25) is 0 Å². The number of nitrogens with zero attached hydrogens (tertiary/aromatic N) is 6. The van der Waals surface area contributed by atoms with E-state index in [4.69, 9.17) is 0 Å². The number of hydrogen-bond acceptors (Lipinski definition) is 4. The monoisotopic (exact) mass is 574 g/mol. The number of alkyl halides is 8. The summed E-state index contributed by atoms with van der Waals surface area (Å²) in [4.78, 5) is 14.5. The third kappa shape index (κ3) is 4.65. The Bertz CT molecular complexity index is 1630. The Balaban J connectivity index is 1.59. The van der Waals surface area contributed by atoms with Crippen molar-refractivity contribution in [2.45, 2.75) is 43.6 Å². The second kappa shape index (κ2) is 9.14. The van der Waals surface area contributed by atoms with Crippen LogP contribution in [0.15, 0.2) is 53.8 Å². The Morgan fingerprint density at radius 3 is 2.38 bits per heavy atom. The van der Waals surface area contributed by atoms with E-state index in [-0.39, 0.29) is 24.3 Å². The van der Waals surface area contributed by atoms with Crippen molar-refractivity contribution in [3.05, 3.63) is 82.1 Å². The molecule has 1 aliphatic rings. The van der Waals surface area contributed by atoms with Crippen molar-refractivity contribution < 1.29 is 35.1 Å². The molecule has 15 heteroatoms. The number of rotatable bonds is 6. The lowest BCUT2D eigenvalue weighted by molar-refractivity contribution is -0.149. The molecule has 0 N–H and O–H groups in total. The maximum atomic E-state index is 15.7. The van der Waals surface area contributed by atoms with E-state index >= 15 is 13.2 Å². The molecule has 1 unspecified atom stereocenters. The number of benzene rings is 1. The summed E-state index contributed by atoms with van der Waals surface area (Å²) < 4.78 is 118. The van der Waals surface area contributed by atoms with Gasteiger partial charge in [0.1, 0.15) is 6.33 Å². The van der Waals surface area contributed by atoms with E-state index in [2.05, 4.69) is 10.2 Å². The molecule has 1 aliphatic heterocycles. The Morgan fingerprint density at radius 2 is 1.77 bits per heavy atom. The molecule has 214 valence electrons. The molecule has 1 saturated heterocycles. The highest BCUT2D eigenvalue weighted by Gasteiger charge is 2.57. The number of hydrogen-bond donors (Lipinski definition) is 0. The van der Waals surface area contributed by atoms with Crippen LogP contribution in [0.4, 0.5) is 35.1 Å². The summed E-state index contributed by atoms with van der Waals surface area (Å²) in [6.45, 7) is -0.291. The lowest BCUT2D eigenvalue weighted by atomic mass is 9.90. The molecule has 1 fully saturated rings. The lowest BCUT2D eigenvalue weighted by Gasteiger charge is -2.29. The Hall–Kier alpha value is -3.75. The van der Waals surface area contributed by atoms with E-state index in [1.54, 1.807) is 0 Å². The van der Waals surface area contributed by atoms with Gasteiger partial charge in [0.2, 0.25) is 11.5 Å². The molecule has 0 saturated carbocycles. The number of halogens is 8. The minimum Gasteiger partial charge on any atom is -0.316 e. The normalized spacial score (nSPS) is 17.9. The first-order valence-electron chi connectivity index (χ1n) is 12.0. The predicted octanol–water partition coefficient (Wildman–Crippen LogP) is 5.06.